The lowest BCUT2D eigenvalue weighted by Crippen LogP contribution is -2.14. The van der Waals surface area contributed by atoms with Crippen molar-refractivity contribution in [3.8, 4) is 0 Å². The van der Waals surface area contributed by atoms with Crippen LogP contribution in [0.4, 0.5) is 5.69 Å². The number of anilines is 1. The minimum absolute atomic E-state index is 0.0615. The van der Waals surface area contributed by atoms with Gasteiger partial charge in [0, 0.05) is 25.8 Å². The fourth-order valence-electron chi connectivity index (χ4n) is 2.30. The summed E-state index contributed by atoms with van der Waals surface area (Å²) in [5.41, 5.74) is 11.3. The van der Waals surface area contributed by atoms with Crippen LogP contribution in [0.5, 0.6) is 0 Å². The average Bonchev–Trinajstić information content (AvgIpc) is 2.39. The summed E-state index contributed by atoms with van der Waals surface area (Å²) in [5.74, 6) is 0. The van der Waals surface area contributed by atoms with Crippen molar-refractivity contribution in [1.29, 1.82) is 0 Å². The van der Waals surface area contributed by atoms with Gasteiger partial charge >= 0.3 is 0 Å². The molecule has 0 fully saturated rings. The Morgan fingerprint density at radius 1 is 1.00 bits per heavy atom. The van der Waals surface area contributed by atoms with Gasteiger partial charge < -0.3 is 10.6 Å². The second-order valence-corrected chi connectivity index (χ2v) is 5.23. The number of aryl methyl sites for hydroxylation is 1. The van der Waals surface area contributed by atoms with Crippen LogP contribution >= 0.6 is 0 Å². The van der Waals surface area contributed by atoms with Gasteiger partial charge in [-0.25, -0.2) is 0 Å². The van der Waals surface area contributed by atoms with E-state index in [1.54, 1.807) is 0 Å². The lowest BCUT2D eigenvalue weighted by atomic mass is 9.96. The third-order valence-corrected chi connectivity index (χ3v) is 3.50. The molecule has 0 aliphatic carbocycles. The number of nitrogens with two attached hydrogens (primary N) is 1. The number of benzene rings is 2. The van der Waals surface area contributed by atoms with Gasteiger partial charge in [0.05, 0.1) is 0 Å². The van der Waals surface area contributed by atoms with E-state index < -0.39 is 0 Å². The van der Waals surface area contributed by atoms with Crippen molar-refractivity contribution in [2.24, 2.45) is 5.73 Å². The molecule has 19 heavy (non-hydrogen) atoms. The Balaban J connectivity index is 2.11. The van der Waals surface area contributed by atoms with Gasteiger partial charge in [0.15, 0.2) is 0 Å². The molecule has 100 valence electrons. The van der Waals surface area contributed by atoms with E-state index in [0.29, 0.717) is 0 Å². The minimum Gasteiger partial charge on any atom is -0.378 e. The van der Waals surface area contributed by atoms with Crippen molar-refractivity contribution in [1.82, 2.24) is 0 Å². The van der Waals surface area contributed by atoms with Crippen molar-refractivity contribution in [3.05, 3.63) is 65.2 Å². The standard InChI is InChI=1S/C17H22N2/c1-13-6-4-5-7-16(13)17(18)12-14-8-10-15(11-9-14)19(2)3/h4-11,17H,12,18H2,1-3H3. The highest BCUT2D eigenvalue weighted by Gasteiger charge is 2.09. The second-order valence-electron chi connectivity index (χ2n) is 5.23. The summed E-state index contributed by atoms with van der Waals surface area (Å²) in [7, 11) is 4.10. The molecule has 1 unspecified atom stereocenters. The Kier molecular flexibility index (Phi) is 4.23. The minimum atomic E-state index is 0.0615. The molecule has 0 heterocycles. The van der Waals surface area contributed by atoms with Crippen LogP contribution in [-0.2, 0) is 6.42 Å². The summed E-state index contributed by atoms with van der Waals surface area (Å²) in [6, 6.07) is 17.0. The Morgan fingerprint density at radius 3 is 2.21 bits per heavy atom. The Labute approximate surface area is 115 Å². The molecular weight excluding hydrogens is 232 g/mol. The number of rotatable bonds is 4. The molecule has 0 spiro atoms. The van der Waals surface area contributed by atoms with Crippen LogP contribution in [0.15, 0.2) is 48.5 Å². The summed E-state index contributed by atoms with van der Waals surface area (Å²) < 4.78 is 0. The van der Waals surface area contributed by atoms with Crippen molar-refractivity contribution in [3.63, 3.8) is 0 Å². The predicted octanol–water partition coefficient (Wildman–Crippen LogP) is 3.30. The molecule has 0 bridgehead atoms. The second kappa shape index (κ2) is 5.89. The molecular formula is C17H22N2. The molecule has 2 heteroatoms. The first-order valence-corrected chi connectivity index (χ1v) is 6.65. The highest BCUT2D eigenvalue weighted by atomic mass is 15.1. The zero-order valence-electron chi connectivity index (χ0n) is 11.9. The lowest BCUT2D eigenvalue weighted by Gasteiger charge is -2.16. The molecule has 0 aromatic heterocycles. The van der Waals surface area contributed by atoms with Gasteiger partial charge in [0.1, 0.15) is 0 Å². The molecule has 0 saturated heterocycles. The van der Waals surface area contributed by atoms with Gasteiger partial charge in [-0.05, 0) is 42.2 Å². The Morgan fingerprint density at radius 2 is 1.63 bits per heavy atom. The monoisotopic (exact) mass is 254 g/mol. The molecule has 2 N–H and O–H groups in total. The van der Waals surface area contributed by atoms with Gasteiger partial charge in [-0.3, -0.25) is 0 Å². The summed E-state index contributed by atoms with van der Waals surface area (Å²) in [6.07, 6.45) is 0.874. The zero-order valence-corrected chi connectivity index (χ0v) is 11.9. The van der Waals surface area contributed by atoms with Crippen LogP contribution in [-0.4, -0.2) is 14.1 Å². The van der Waals surface area contributed by atoms with E-state index in [2.05, 4.69) is 60.4 Å². The van der Waals surface area contributed by atoms with E-state index >= 15 is 0 Å². The molecule has 0 saturated carbocycles. The first-order chi connectivity index (χ1) is 9.08. The normalized spacial score (nSPS) is 12.2. The first-order valence-electron chi connectivity index (χ1n) is 6.65. The lowest BCUT2D eigenvalue weighted by molar-refractivity contribution is 0.716. The highest BCUT2D eigenvalue weighted by molar-refractivity contribution is 5.46. The van der Waals surface area contributed by atoms with Crippen LogP contribution in [0.25, 0.3) is 0 Å². The van der Waals surface area contributed by atoms with Crippen molar-refractivity contribution < 1.29 is 0 Å². The summed E-state index contributed by atoms with van der Waals surface area (Å²) >= 11 is 0. The fraction of sp³-hybridized carbons (Fsp3) is 0.294. The molecule has 2 aromatic carbocycles. The maximum Gasteiger partial charge on any atom is 0.0361 e. The van der Waals surface area contributed by atoms with Gasteiger partial charge in [-0.15, -0.1) is 0 Å². The Hall–Kier alpha value is -1.80. The van der Waals surface area contributed by atoms with Gasteiger partial charge in [0.25, 0.3) is 0 Å². The van der Waals surface area contributed by atoms with Gasteiger partial charge in [-0.1, -0.05) is 36.4 Å². The van der Waals surface area contributed by atoms with Crippen LogP contribution in [0.3, 0.4) is 0 Å². The van der Waals surface area contributed by atoms with Crippen LogP contribution < -0.4 is 10.6 Å². The summed E-state index contributed by atoms with van der Waals surface area (Å²) in [6.45, 7) is 2.12. The van der Waals surface area contributed by atoms with E-state index in [1.807, 2.05) is 14.1 Å². The Bertz CT molecular complexity index is 529. The average molecular weight is 254 g/mol. The quantitative estimate of drug-likeness (QED) is 0.907. The topological polar surface area (TPSA) is 29.3 Å². The first kappa shape index (κ1) is 13.6. The molecule has 0 aliphatic rings. The third kappa shape index (κ3) is 3.36. The number of hydrogen-bond acceptors (Lipinski definition) is 2. The molecule has 1 atom stereocenters. The molecule has 2 aromatic rings. The smallest absolute Gasteiger partial charge is 0.0361 e. The van der Waals surface area contributed by atoms with Crippen LogP contribution in [0.1, 0.15) is 22.7 Å². The SMILES string of the molecule is Cc1ccccc1C(N)Cc1ccc(N(C)C)cc1. The van der Waals surface area contributed by atoms with E-state index in [1.165, 1.54) is 22.4 Å². The molecule has 0 amide bonds. The van der Waals surface area contributed by atoms with Gasteiger partial charge in [0.2, 0.25) is 0 Å². The van der Waals surface area contributed by atoms with E-state index in [9.17, 15) is 0 Å². The van der Waals surface area contributed by atoms with E-state index in [-0.39, 0.29) is 6.04 Å². The fourth-order valence-corrected chi connectivity index (χ4v) is 2.30. The molecule has 2 nitrogen and oxygen atoms in total. The van der Waals surface area contributed by atoms with E-state index in [4.69, 9.17) is 5.73 Å². The van der Waals surface area contributed by atoms with Crippen LogP contribution in [0.2, 0.25) is 0 Å². The largest absolute Gasteiger partial charge is 0.378 e. The summed E-state index contributed by atoms with van der Waals surface area (Å²) in [4.78, 5) is 2.10. The molecule has 0 aliphatic heterocycles. The maximum atomic E-state index is 6.32. The van der Waals surface area contributed by atoms with Crippen molar-refractivity contribution >= 4 is 5.69 Å². The van der Waals surface area contributed by atoms with E-state index in [0.717, 1.165) is 6.42 Å². The van der Waals surface area contributed by atoms with Crippen LogP contribution in [0, 0.1) is 6.92 Å². The molecule has 0 radical (unpaired) electrons. The number of nitrogens with zero attached hydrogens (tertiary/aromatic N) is 1. The maximum absolute atomic E-state index is 6.32. The number of hydrogen-bond donors (Lipinski definition) is 1. The third-order valence-electron chi connectivity index (χ3n) is 3.50. The molecule has 2 rings (SSSR count). The van der Waals surface area contributed by atoms with Crippen molar-refractivity contribution in [2.75, 3.05) is 19.0 Å². The summed E-state index contributed by atoms with van der Waals surface area (Å²) in [5, 5.41) is 0. The predicted molar refractivity (Wildman–Crippen MR) is 82.6 cm³/mol. The zero-order chi connectivity index (χ0) is 13.8. The van der Waals surface area contributed by atoms with Gasteiger partial charge in [-0.2, -0.15) is 0 Å². The van der Waals surface area contributed by atoms with Crippen molar-refractivity contribution in [2.45, 2.75) is 19.4 Å². The highest BCUT2D eigenvalue weighted by Crippen LogP contribution is 2.21.